The Bertz CT molecular complexity index is 384. The van der Waals surface area contributed by atoms with Crippen LogP contribution in [-0.2, 0) is 6.54 Å². The molecular formula is C13H15BrClN. The van der Waals surface area contributed by atoms with Crippen LogP contribution in [0.5, 0.6) is 0 Å². The normalized spacial score (nSPS) is 12.1. The highest BCUT2D eigenvalue weighted by molar-refractivity contribution is 9.10. The fourth-order valence-corrected chi connectivity index (χ4v) is 2.25. The van der Waals surface area contributed by atoms with E-state index >= 15 is 0 Å². The summed E-state index contributed by atoms with van der Waals surface area (Å²) in [6, 6.07) is 6.20. The summed E-state index contributed by atoms with van der Waals surface area (Å²) in [7, 11) is 0. The molecule has 1 nitrogen and oxygen atoms in total. The Labute approximate surface area is 111 Å². The van der Waals surface area contributed by atoms with Crippen molar-refractivity contribution in [2.24, 2.45) is 0 Å². The molecule has 1 aromatic rings. The van der Waals surface area contributed by atoms with Crippen molar-refractivity contribution >= 4 is 27.5 Å². The molecule has 0 spiro atoms. The lowest BCUT2D eigenvalue weighted by molar-refractivity contribution is 0.506. The van der Waals surface area contributed by atoms with Gasteiger partial charge in [-0.2, -0.15) is 0 Å². The van der Waals surface area contributed by atoms with E-state index in [4.69, 9.17) is 18.0 Å². The van der Waals surface area contributed by atoms with Crippen molar-refractivity contribution in [2.45, 2.75) is 32.4 Å². The number of hydrogen-bond acceptors (Lipinski definition) is 1. The van der Waals surface area contributed by atoms with Gasteiger partial charge in [0.05, 0.1) is 0 Å². The SMILES string of the molecule is C#CCC(CC)NCc1ccc(Cl)cc1Br. The van der Waals surface area contributed by atoms with Crippen molar-refractivity contribution in [3.05, 3.63) is 33.3 Å². The van der Waals surface area contributed by atoms with Crippen LogP contribution in [0.2, 0.25) is 5.02 Å². The third-order valence-electron chi connectivity index (χ3n) is 2.45. The van der Waals surface area contributed by atoms with Gasteiger partial charge in [0.25, 0.3) is 0 Å². The molecule has 0 amide bonds. The van der Waals surface area contributed by atoms with E-state index in [0.717, 1.165) is 28.9 Å². The van der Waals surface area contributed by atoms with Crippen LogP contribution in [0.4, 0.5) is 0 Å². The minimum atomic E-state index is 0.382. The molecule has 1 aromatic carbocycles. The van der Waals surface area contributed by atoms with Crippen LogP contribution in [0.15, 0.2) is 22.7 Å². The molecule has 1 atom stereocenters. The molecule has 0 bridgehead atoms. The van der Waals surface area contributed by atoms with Crippen molar-refractivity contribution in [2.75, 3.05) is 0 Å². The maximum absolute atomic E-state index is 5.88. The van der Waals surface area contributed by atoms with E-state index in [1.165, 1.54) is 5.56 Å². The van der Waals surface area contributed by atoms with Gasteiger partial charge in [-0.25, -0.2) is 0 Å². The van der Waals surface area contributed by atoms with Crippen molar-refractivity contribution in [1.82, 2.24) is 5.32 Å². The summed E-state index contributed by atoms with van der Waals surface area (Å²) in [5, 5.41) is 4.17. The van der Waals surface area contributed by atoms with Crippen molar-refractivity contribution in [3.8, 4) is 12.3 Å². The van der Waals surface area contributed by atoms with Gasteiger partial charge in [0.15, 0.2) is 0 Å². The number of rotatable bonds is 5. The van der Waals surface area contributed by atoms with Crippen LogP contribution in [0.1, 0.15) is 25.3 Å². The summed E-state index contributed by atoms with van der Waals surface area (Å²) in [6.45, 7) is 2.93. The first-order valence-electron chi connectivity index (χ1n) is 5.28. The van der Waals surface area contributed by atoms with E-state index in [2.05, 4.69) is 34.1 Å². The summed E-state index contributed by atoms with van der Waals surface area (Å²) in [6.07, 6.45) is 7.11. The molecule has 0 aliphatic heterocycles. The first-order valence-corrected chi connectivity index (χ1v) is 6.45. The largest absolute Gasteiger partial charge is 0.309 e. The lowest BCUT2D eigenvalue weighted by Crippen LogP contribution is -2.27. The van der Waals surface area contributed by atoms with Crippen LogP contribution in [0, 0.1) is 12.3 Å². The predicted octanol–water partition coefficient (Wildman–Crippen LogP) is 3.99. The Kier molecular flexibility index (Phi) is 5.90. The highest BCUT2D eigenvalue weighted by Gasteiger charge is 2.05. The smallest absolute Gasteiger partial charge is 0.0417 e. The fourth-order valence-electron chi connectivity index (χ4n) is 1.42. The van der Waals surface area contributed by atoms with Gasteiger partial charge in [0.1, 0.15) is 0 Å². The molecule has 1 rings (SSSR count). The molecule has 0 saturated heterocycles. The third kappa shape index (κ3) is 4.17. The molecule has 1 N–H and O–H groups in total. The number of nitrogens with one attached hydrogen (secondary N) is 1. The summed E-state index contributed by atoms with van der Waals surface area (Å²) in [5.41, 5.74) is 1.19. The van der Waals surface area contributed by atoms with Gasteiger partial charge in [-0.3, -0.25) is 0 Å². The third-order valence-corrected chi connectivity index (χ3v) is 3.43. The first kappa shape index (κ1) is 13.6. The molecule has 0 aromatic heterocycles. The molecule has 16 heavy (non-hydrogen) atoms. The second-order valence-corrected chi connectivity index (χ2v) is 4.92. The van der Waals surface area contributed by atoms with E-state index < -0.39 is 0 Å². The molecule has 0 saturated carbocycles. The second-order valence-electron chi connectivity index (χ2n) is 3.63. The van der Waals surface area contributed by atoms with Crippen molar-refractivity contribution < 1.29 is 0 Å². The summed E-state index contributed by atoms with van der Waals surface area (Å²) in [5.74, 6) is 2.68. The quantitative estimate of drug-likeness (QED) is 0.811. The molecule has 0 heterocycles. The number of hydrogen-bond donors (Lipinski definition) is 1. The lowest BCUT2D eigenvalue weighted by atomic mass is 10.1. The van der Waals surface area contributed by atoms with Gasteiger partial charge in [-0.05, 0) is 24.1 Å². The highest BCUT2D eigenvalue weighted by Crippen LogP contribution is 2.21. The van der Waals surface area contributed by atoms with E-state index in [0.29, 0.717) is 6.04 Å². The van der Waals surface area contributed by atoms with Gasteiger partial charge in [-0.15, -0.1) is 12.3 Å². The standard InChI is InChI=1S/C13H15BrClN/c1-3-5-12(4-2)16-9-10-6-7-11(15)8-13(10)14/h1,6-8,12,16H,4-5,9H2,2H3. The van der Waals surface area contributed by atoms with E-state index in [9.17, 15) is 0 Å². The topological polar surface area (TPSA) is 12.0 Å². The molecule has 0 fully saturated rings. The molecule has 0 radical (unpaired) electrons. The Morgan fingerprint density at radius 2 is 2.31 bits per heavy atom. The maximum Gasteiger partial charge on any atom is 0.0417 e. The van der Waals surface area contributed by atoms with Gasteiger partial charge in [0, 0.05) is 28.5 Å². The minimum absolute atomic E-state index is 0.382. The van der Waals surface area contributed by atoms with Crippen LogP contribution < -0.4 is 5.32 Å². The molecule has 1 unspecified atom stereocenters. The molecule has 0 aliphatic rings. The molecule has 86 valence electrons. The monoisotopic (exact) mass is 299 g/mol. The number of halogens is 2. The molecule has 0 aliphatic carbocycles. The number of terminal acetylenes is 1. The van der Waals surface area contributed by atoms with E-state index in [1.807, 2.05) is 18.2 Å². The average molecular weight is 301 g/mol. The first-order chi connectivity index (χ1) is 7.67. The Morgan fingerprint density at radius 1 is 1.56 bits per heavy atom. The van der Waals surface area contributed by atoms with Crippen LogP contribution in [0.25, 0.3) is 0 Å². The minimum Gasteiger partial charge on any atom is -0.309 e. The molecule has 3 heteroatoms. The Morgan fingerprint density at radius 3 is 2.88 bits per heavy atom. The zero-order chi connectivity index (χ0) is 12.0. The van der Waals surface area contributed by atoms with Gasteiger partial charge in [-0.1, -0.05) is 40.5 Å². The fraction of sp³-hybridized carbons (Fsp3) is 0.385. The van der Waals surface area contributed by atoms with Crippen LogP contribution in [-0.4, -0.2) is 6.04 Å². The zero-order valence-electron chi connectivity index (χ0n) is 9.26. The van der Waals surface area contributed by atoms with Crippen LogP contribution >= 0.6 is 27.5 Å². The zero-order valence-corrected chi connectivity index (χ0v) is 11.6. The lowest BCUT2D eigenvalue weighted by Gasteiger charge is -2.14. The van der Waals surface area contributed by atoms with E-state index in [-0.39, 0.29) is 0 Å². The number of benzene rings is 1. The van der Waals surface area contributed by atoms with Crippen molar-refractivity contribution in [3.63, 3.8) is 0 Å². The second kappa shape index (κ2) is 6.96. The summed E-state index contributed by atoms with van der Waals surface area (Å²) in [4.78, 5) is 0. The molecular weight excluding hydrogens is 286 g/mol. The Hall–Kier alpha value is -0.490. The van der Waals surface area contributed by atoms with Gasteiger partial charge < -0.3 is 5.32 Å². The average Bonchev–Trinajstić information content (AvgIpc) is 2.26. The van der Waals surface area contributed by atoms with Crippen molar-refractivity contribution in [1.29, 1.82) is 0 Å². The van der Waals surface area contributed by atoms with E-state index in [1.54, 1.807) is 0 Å². The summed E-state index contributed by atoms with van der Waals surface area (Å²) >= 11 is 9.37. The predicted molar refractivity (Wildman–Crippen MR) is 73.5 cm³/mol. The Balaban J connectivity index is 2.57. The highest BCUT2D eigenvalue weighted by atomic mass is 79.9. The van der Waals surface area contributed by atoms with Crippen LogP contribution in [0.3, 0.4) is 0 Å². The maximum atomic E-state index is 5.88. The van der Waals surface area contributed by atoms with Gasteiger partial charge >= 0.3 is 0 Å². The summed E-state index contributed by atoms with van der Waals surface area (Å²) < 4.78 is 1.03. The van der Waals surface area contributed by atoms with Gasteiger partial charge in [0.2, 0.25) is 0 Å².